The van der Waals surface area contributed by atoms with Gasteiger partial charge in [-0.05, 0) is 41.5 Å². The van der Waals surface area contributed by atoms with Crippen LogP contribution in [0.25, 0.3) is 0 Å². The van der Waals surface area contributed by atoms with Gasteiger partial charge in [0.2, 0.25) is 17.5 Å². The molecule has 3 aromatic rings. The number of pyridine rings is 1. The lowest BCUT2D eigenvalue weighted by Gasteiger charge is -2.37. The lowest BCUT2D eigenvalue weighted by Crippen LogP contribution is -2.49. The highest BCUT2D eigenvalue weighted by Crippen LogP contribution is 2.37. The third-order valence-corrected chi connectivity index (χ3v) is 7.74. The molecule has 12 heteroatoms. The molecule has 2 saturated heterocycles. The van der Waals surface area contributed by atoms with Crippen LogP contribution < -0.4 is 9.80 Å². The number of alkyl halides is 3. The van der Waals surface area contributed by atoms with Crippen LogP contribution in [0.1, 0.15) is 54.1 Å². The summed E-state index contributed by atoms with van der Waals surface area (Å²) >= 11 is 0. The fraction of sp³-hybridized carbons (Fsp3) is 0.467. The zero-order valence-electron chi connectivity index (χ0n) is 23.6. The van der Waals surface area contributed by atoms with Crippen molar-refractivity contribution < 1.29 is 31.6 Å². The SMILES string of the molecule is CC1(C)CCCN(c2nc(C(F)(F)F)c(C(=O)Cc3ccc(N4CCN(C(=O)Cc5ccccc5F)CC4)nc3)o2)C1. The molecule has 2 aliphatic rings. The van der Waals surface area contributed by atoms with E-state index in [-0.39, 0.29) is 30.2 Å². The number of rotatable bonds is 7. The van der Waals surface area contributed by atoms with Crippen LogP contribution in [-0.4, -0.2) is 65.8 Å². The van der Waals surface area contributed by atoms with Crippen LogP contribution in [0.2, 0.25) is 0 Å². The predicted octanol–water partition coefficient (Wildman–Crippen LogP) is 5.17. The van der Waals surface area contributed by atoms with E-state index in [0.717, 1.165) is 12.8 Å². The molecule has 0 radical (unpaired) electrons. The third-order valence-electron chi connectivity index (χ3n) is 7.74. The van der Waals surface area contributed by atoms with Crippen LogP contribution in [0.3, 0.4) is 0 Å². The van der Waals surface area contributed by atoms with Crippen molar-refractivity contribution in [3.05, 3.63) is 71.0 Å². The quantitative estimate of drug-likeness (QED) is 0.279. The van der Waals surface area contributed by atoms with Crippen LogP contribution in [0.4, 0.5) is 29.4 Å². The summed E-state index contributed by atoms with van der Waals surface area (Å²) < 4.78 is 60.8. The molecule has 0 aliphatic carbocycles. The maximum absolute atomic E-state index is 13.9. The summed E-state index contributed by atoms with van der Waals surface area (Å²) in [5.74, 6) is -1.55. The Kier molecular flexibility index (Phi) is 8.25. The van der Waals surface area contributed by atoms with Gasteiger partial charge in [0.1, 0.15) is 11.6 Å². The fourth-order valence-corrected chi connectivity index (χ4v) is 5.49. The first-order chi connectivity index (χ1) is 19.9. The fourth-order valence-electron chi connectivity index (χ4n) is 5.49. The Balaban J connectivity index is 1.20. The number of hydrogen-bond acceptors (Lipinski definition) is 7. The summed E-state index contributed by atoms with van der Waals surface area (Å²) in [4.78, 5) is 39.1. The maximum Gasteiger partial charge on any atom is 0.437 e. The number of anilines is 2. The van der Waals surface area contributed by atoms with E-state index in [0.29, 0.717) is 56.2 Å². The highest BCUT2D eigenvalue weighted by molar-refractivity contribution is 5.96. The lowest BCUT2D eigenvalue weighted by atomic mass is 9.84. The van der Waals surface area contributed by atoms with Gasteiger partial charge in [-0.3, -0.25) is 9.59 Å². The second-order valence-electron chi connectivity index (χ2n) is 11.6. The number of halogens is 4. The van der Waals surface area contributed by atoms with Crippen molar-refractivity contribution in [1.82, 2.24) is 14.9 Å². The first kappa shape index (κ1) is 29.5. The van der Waals surface area contributed by atoms with Gasteiger partial charge in [0.05, 0.1) is 6.42 Å². The minimum absolute atomic E-state index is 0.00754. The minimum Gasteiger partial charge on any atom is -0.420 e. The Labute approximate surface area is 241 Å². The number of Topliss-reactive ketones (excluding diaryl/α,β-unsaturated/α-hetero) is 1. The van der Waals surface area contributed by atoms with Gasteiger partial charge in [-0.1, -0.05) is 38.1 Å². The second-order valence-corrected chi connectivity index (χ2v) is 11.6. The predicted molar refractivity (Wildman–Crippen MR) is 148 cm³/mol. The zero-order valence-corrected chi connectivity index (χ0v) is 23.6. The van der Waals surface area contributed by atoms with Gasteiger partial charge in [0.25, 0.3) is 6.01 Å². The first-order valence-electron chi connectivity index (χ1n) is 14.0. The summed E-state index contributed by atoms with van der Waals surface area (Å²) in [6.45, 7) is 6.96. The normalized spacial score (nSPS) is 17.4. The number of ketones is 1. The van der Waals surface area contributed by atoms with Crippen molar-refractivity contribution in [2.45, 2.75) is 45.7 Å². The number of piperazine rings is 1. The minimum atomic E-state index is -4.83. The number of hydrogen-bond donors (Lipinski definition) is 0. The van der Waals surface area contributed by atoms with E-state index in [9.17, 15) is 27.2 Å². The molecule has 224 valence electrons. The van der Waals surface area contributed by atoms with Crippen LogP contribution in [0, 0.1) is 11.2 Å². The van der Waals surface area contributed by atoms with Crippen molar-refractivity contribution in [1.29, 1.82) is 0 Å². The molecule has 5 rings (SSSR count). The summed E-state index contributed by atoms with van der Waals surface area (Å²) in [7, 11) is 0. The summed E-state index contributed by atoms with van der Waals surface area (Å²) in [5, 5.41) is 0. The molecular weight excluding hydrogens is 554 g/mol. The highest BCUT2D eigenvalue weighted by Gasteiger charge is 2.42. The van der Waals surface area contributed by atoms with E-state index in [2.05, 4.69) is 9.97 Å². The second kappa shape index (κ2) is 11.7. The molecule has 0 N–H and O–H groups in total. The Hall–Kier alpha value is -3.96. The molecule has 0 atom stereocenters. The van der Waals surface area contributed by atoms with Gasteiger partial charge in [0, 0.05) is 51.9 Å². The van der Waals surface area contributed by atoms with E-state index in [1.165, 1.54) is 12.3 Å². The topological polar surface area (TPSA) is 82.8 Å². The molecule has 8 nitrogen and oxygen atoms in total. The molecular formula is C30H33F4N5O3. The van der Waals surface area contributed by atoms with Gasteiger partial charge >= 0.3 is 6.18 Å². The van der Waals surface area contributed by atoms with Crippen molar-refractivity contribution in [3.8, 4) is 0 Å². The smallest absolute Gasteiger partial charge is 0.420 e. The van der Waals surface area contributed by atoms with E-state index in [1.807, 2.05) is 18.7 Å². The molecule has 2 aromatic heterocycles. The number of oxazole rings is 1. The van der Waals surface area contributed by atoms with Crippen LogP contribution in [-0.2, 0) is 23.8 Å². The monoisotopic (exact) mass is 587 g/mol. The lowest BCUT2D eigenvalue weighted by molar-refractivity contribution is -0.141. The zero-order chi connectivity index (χ0) is 30.1. The molecule has 42 heavy (non-hydrogen) atoms. The molecule has 2 fully saturated rings. The number of nitrogens with zero attached hydrogens (tertiary/aromatic N) is 5. The van der Waals surface area contributed by atoms with E-state index in [4.69, 9.17) is 4.42 Å². The number of carbonyl (C=O) groups excluding carboxylic acids is 2. The Morgan fingerprint density at radius 2 is 1.71 bits per heavy atom. The number of amides is 1. The Bertz CT molecular complexity index is 1430. The van der Waals surface area contributed by atoms with E-state index >= 15 is 0 Å². The Morgan fingerprint density at radius 3 is 2.36 bits per heavy atom. The van der Waals surface area contributed by atoms with Gasteiger partial charge in [-0.25, -0.2) is 9.37 Å². The molecule has 0 unspecified atom stereocenters. The molecule has 0 saturated carbocycles. The summed E-state index contributed by atoms with van der Waals surface area (Å²) in [6, 6.07) is 9.37. The molecule has 2 aliphatic heterocycles. The first-order valence-corrected chi connectivity index (χ1v) is 14.0. The standard InChI is InChI=1S/C30H33F4N5O3/c1-29(2)10-5-11-39(19-29)28-36-27(30(32,33)34)26(42-28)23(40)16-20-8-9-24(35-18-20)37-12-14-38(15-13-37)25(41)17-21-6-3-4-7-22(21)31/h3-4,6-9,18H,5,10-17,19H2,1-2H3. The third kappa shape index (κ3) is 6.74. The van der Waals surface area contributed by atoms with Crippen LogP contribution >= 0.6 is 0 Å². The van der Waals surface area contributed by atoms with Gasteiger partial charge in [-0.15, -0.1) is 0 Å². The van der Waals surface area contributed by atoms with Gasteiger partial charge < -0.3 is 19.1 Å². The average molecular weight is 588 g/mol. The Morgan fingerprint density at radius 1 is 0.976 bits per heavy atom. The van der Waals surface area contributed by atoms with Crippen molar-refractivity contribution in [3.63, 3.8) is 0 Å². The molecule has 1 aromatic carbocycles. The average Bonchev–Trinajstić information content (AvgIpc) is 3.41. The van der Waals surface area contributed by atoms with Crippen LogP contribution in [0.15, 0.2) is 47.0 Å². The van der Waals surface area contributed by atoms with Gasteiger partial charge in [0.15, 0.2) is 5.69 Å². The molecule has 0 bridgehead atoms. The number of carbonyl (C=O) groups is 2. The molecule has 1 amide bonds. The van der Waals surface area contributed by atoms with E-state index in [1.54, 1.807) is 40.1 Å². The molecule has 0 spiro atoms. The highest BCUT2D eigenvalue weighted by atomic mass is 19.4. The maximum atomic E-state index is 13.9. The van der Waals surface area contributed by atoms with Crippen molar-refractivity contribution in [2.24, 2.45) is 5.41 Å². The van der Waals surface area contributed by atoms with Gasteiger partial charge in [-0.2, -0.15) is 18.2 Å². The van der Waals surface area contributed by atoms with E-state index < -0.39 is 29.2 Å². The van der Waals surface area contributed by atoms with Crippen LogP contribution in [0.5, 0.6) is 0 Å². The number of benzene rings is 1. The largest absolute Gasteiger partial charge is 0.437 e. The number of aromatic nitrogens is 2. The van der Waals surface area contributed by atoms with Crippen molar-refractivity contribution >= 4 is 23.5 Å². The number of piperidine rings is 1. The summed E-state index contributed by atoms with van der Waals surface area (Å²) in [5.41, 5.74) is -0.617. The molecule has 4 heterocycles. The summed E-state index contributed by atoms with van der Waals surface area (Å²) in [6.07, 6.45) is -1.98. The van der Waals surface area contributed by atoms with Crippen molar-refractivity contribution in [2.75, 3.05) is 49.1 Å².